The predicted octanol–water partition coefficient (Wildman–Crippen LogP) is 1.65. The lowest BCUT2D eigenvalue weighted by Gasteiger charge is -2.17. The Kier molecular flexibility index (Phi) is 3.05. The molecular weight excluding hydrogens is 206 g/mol. The quantitative estimate of drug-likeness (QED) is 0.622. The third-order valence-electron chi connectivity index (χ3n) is 2.92. The first-order valence-electron chi connectivity index (χ1n) is 5.44. The second kappa shape index (κ2) is 4.49. The molecule has 5 nitrogen and oxygen atoms in total. The molecule has 5 heteroatoms. The molecule has 86 valence electrons. The summed E-state index contributed by atoms with van der Waals surface area (Å²) in [7, 11) is 0. The maximum atomic E-state index is 11.0. The van der Waals surface area contributed by atoms with Crippen molar-refractivity contribution in [3.05, 3.63) is 33.9 Å². The number of hydrogen-bond acceptors (Lipinski definition) is 4. The van der Waals surface area contributed by atoms with Crippen LogP contribution in [0.3, 0.4) is 0 Å². The van der Waals surface area contributed by atoms with Gasteiger partial charge in [-0.1, -0.05) is 6.07 Å². The standard InChI is InChI=1S/C11H15N3O2/c12-8-9-3-4-10(11(7-9)14(15)16)13-5-1-2-6-13/h3-4,7H,1-2,5-6,8,12H2. The van der Waals surface area contributed by atoms with Crippen LogP contribution in [-0.4, -0.2) is 18.0 Å². The van der Waals surface area contributed by atoms with Gasteiger partial charge in [-0.3, -0.25) is 10.1 Å². The highest BCUT2D eigenvalue weighted by atomic mass is 16.6. The number of anilines is 1. The van der Waals surface area contributed by atoms with Crippen LogP contribution in [0.5, 0.6) is 0 Å². The molecule has 2 rings (SSSR count). The predicted molar refractivity (Wildman–Crippen MR) is 62.4 cm³/mol. The molecule has 1 aromatic rings. The van der Waals surface area contributed by atoms with Gasteiger partial charge in [0.15, 0.2) is 0 Å². The van der Waals surface area contributed by atoms with Crippen molar-refractivity contribution in [2.45, 2.75) is 19.4 Å². The fraction of sp³-hybridized carbons (Fsp3) is 0.455. The van der Waals surface area contributed by atoms with Crippen LogP contribution in [0, 0.1) is 10.1 Å². The van der Waals surface area contributed by atoms with Crippen molar-refractivity contribution < 1.29 is 4.92 Å². The Balaban J connectivity index is 2.39. The summed E-state index contributed by atoms with van der Waals surface area (Å²) in [4.78, 5) is 12.7. The Morgan fingerprint density at radius 2 is 2.06 bits per heavy atom. The van der Waals surface area contributed by atoms with E-state index < -0.39 is 0 Å². The molecule has 0 aromatic heterocycles. The minimum atomic E-state index is -0.327. The summed E-state index contributed by atoms with van der Waals surface area (Å²) in [5, 5.41) is 11.0. The molecule has 0 saturated carbocycles. The molecule has 1 saturated heterocycles. The highest BCUT2D eigenvalue weighted by Gasteiger charge is 2.22. The summed E-state index contributed by atoms with van der Waals surface area (Å²) >= 11 is 0. The van der Waals surface area contributed by atoms with E-state index in [1.165, 1.54) is 0 Å². The third-order valence-corrected chi connectivity index (χ3v) is 2.92. The Morgan fingerprint density at radius 1 is 1.38 bits per heavy atom. The van der Waals surface area contributed by atoms with Crippen LogP contribution < -0.4 is 10.6 Å². The number of hydrogen-bond donors (Lipinski definition) is 1. The number of nitro groups is 1. The lowest BCUT2D eigenvalue weighted by molar-refractivity contribution is -0.384. The lowest BCUT2D eigenvalue weighted by Crippen LogP contribution is -2.19. The number of rotatable bonds is 3. The molecule has 0 atom stereocenters. The van der Waals surface area contributed by atoms with Crippen molar-refractivity contribution in [3.8, 4) is 0 Å². The lowest BCUT2D eigenvalue weighted by atomic mass is 10.1. The molecule has 0 spiro atoms. The normalized spacial score (nSPS) is 15.4. The van der Waals surface area contributed by atoms with E-state index in [0.29, 0.717) is 6.54 Å². The number of nitrogens with two attached hydrogens (primary N) is 1. The monoisotopic (exact) mass is 221 g/mol. The minimum absolute atomic E-state index is 0.171. The first-order chi connectivity index (χ1) is 7.72. The SMILES string of the molecule is NCc1ccc(N2CCCC2)c([N+](=O)[O-])c1. The van der Waals surface area contributed by atoms with Gasteiger partial charge < -0.3 is 10.6 Å². The van der Waals surface area contributed by atoms with Crippen molar-refractivity contribution in [1.29, 1.82) is 0 Å². The van der Waals surface area contributed by atoms with Crippen LogP contribution >= 0.6 is 0 Å². The van der Waals surface area contributed by atoms with Gasteiger partial charge in [-0.05, 0) is 24.5 Å². The zero-order chi connectivity index (χ0) is 11.5. The molecule has 0 unspecified atom stereocenters. The van der Waals surface area contributed by atoms with E-state index in [9.17, 15) is 10.1 Å². The van der Waals surface area contributed by atoms with Gasteiger partial charge in [-0.15, -0.1) is 0 Å². The van der Waals surface area contributed by atoms with Gasteiger partial charge in [0.1, 0.15) is 5.69 Å². The van der Waals surface area contributed by atoms with E-state index in [-0.39, 0.29) is 10.6 Å². The molecule has 0 bridgehead atoms. The molecule has 1 aliphatic rings. The van der Waals surface area contributed by atoms with E-state index in [0.717, 1.165) is 37.2 Å². The molecule has 0 aliphatic carbocycles. The zero-order valence-electron chi connectivity index (χ0n) is 9.06. The summed E-state index contributed by atoms with van der Waals surface area (Å²) in [5.74, 6) is 0. The van der Waals surface area contributed by atoms with E-state index >= 15 is 0 Å². The molecular formula is C11H15N3O2. The summed E-state index contributed by atoms with van der Waals surface area (Å²) < 4.78 is 0. The molecule has 2 N–H and O–H groups in total. The van der Waals surface area contributed by atoms with Crippen LogP contribution in [0.25, 0.3) is 0 Å². The van der Waals surface area contributed by atoms with E-state index in [2.05, 4.69) is 4.90 Å². The largest absolute Gasteiger partial charge is 0.366 e. The Labute approximate surface area is 94.0 Å². The van der Waals surface area contributed by atoms with Crippen LogP contribution in [0.15, 0.2) is 18.2 Å². The van der Waals surface area contributed by atoms with Crippen LogP contribution in [-0.2, 0) is 6.54 Å². The van der Waals surface area contributed by atoms with Crippen molar-refractivity contribution in [2.75, 3.05) is 18.0 Å². The topological polar surface area (TPSA) is 72.4 Å². The summed E-state index contributed by atoms with van der Waals surface area (Å²) in [6.07, 6.45) is 2.21. The van der Waals surface area contributed by atoms with E-state index in [4.69, 9.17) is 5.73 Å². The van der Waals surface area contributed by atoms with Crippen molar-refractivity contribution in [3.63, 3.8) is 0 Å². The van der Waals surface area contributed by atoms with Crippen molar-refractivity contribution in [2.24, 2.45) is 5.73 Å². The van der Waals surface area contributed by atoms with Gasteiger partial charge in [0.2, 0.25) is 0 Å². The summed E-state index contributed by atoms with van der Waals surface area (Å²) in [6.45, 7) is 2.15. The van der Waals surface area contributed by atoms with Gasteiger partial charge in [0.25, 0.3) is 5.69 Å². The molecule has 0 amide bonds. The summed E-state index contributed by atoms with van der Waals surface area (Å²) in [6, 6.07) is 5.25. The molecule has 1 fully saturated rings. The fourth-order valence-electron chi connectivity index (χ4n) is 2.07. The van der Waals surface area contributed by atoms with Crippen LogP contribution in [0.1, 0.15) is 18.4 Å². The molecule has 16 heavy (non-hydrogen) atoms. The van der Waals surface area contributed by atoms with Gasteiger partial charge in [-0.2, -0.15) is 0 Å². The average Bonchev–Trinajstić information content (AvgIpc) is 2.81. The van der Waals surface area contributed by atoms with Gasteiger partial charge in [-0.25, -0.2) is 0 Å². The van der Waals surface area contributed by atoms with Crippen LogP contribution in [0.4, 0.5) is 11.4 Å². The van der Waals surface area contributed by atoms with Crippen molar-refractivity contribution >= 4 is 11.4 Å². The first-order valence-corrected chi connectivity index (χ1v) is 5.44. The molecule has 1 aliphatic heterocycles. The zero-order valence-corrected chi connectivity index (χ0v) is 9.06. The fourth-order valence-corrected chi connectivity index (χ4v) is 2.07. The van der Waals surface area contributed by atoms with Crippen molar-refractivity contribution in [1.82, 2.24) is 0 Å². The minimum Gasteiger partial charge on any atom is -0.366 e. The number of nitro benzene ring substituents is 1. The number of benzene rings is 1. The Morgan fingerprint density at radius 3 is 2.62 bits per heavy atom. The highest BCUT2D eigenvalue weighted by Crippen LogP contribution is 2.31. The van der Waals surface area contributed by atoms with Gasteiger partial charge >= 0.3 is 0 Å². The van der Waals surface area contributed by atoms with Gasteiger partial charge in [0.05, 0.1) is 4.92 Å². The average molecular weight is 221 g/mol. The second-order valence-electron chi connectivity index (χ2n) is 3.98. The molecule has 0 radical (unpaired) electrons. The molecule has 1 heterocycles. The second-order valence-corrected chi connectivity index (χ2v) is 3.98. The third kappa shape index (κ3) is 1.99. The maximum Gasteiger partial charge on any atom is 0.292 e. The smallest absolute Gasteiger partial charge is 0.292 e. The van der Waals surface area contributed by atoms with E-state index in [1.54, 1.807) is 6.07 Å². The number of nitrogens with zero attached hydrogens (tertiary/aromatic N) is 2. The Bertz CT molecular complexity index is 400. The van der Waals surface area contributed by atoms with Gasteiger partial charge in [0, 0.05) is 25.7 Å². The maximum absolute atomic E-state index is 11.0. The highest BCUT2D eigenvalue weighted by molar-refractivity contribution is 5.64. The van der Waals surface area contributed by atoms with Crippen LogP contribution in [0.2, 0.25) is 0 Å². The van der Waals surface area contributed by atoms with E-state index in [1.807, 2.05) is 12.1 Å². The Hall–Kier alpha value is -1.62. The molecule has 1 aromatic carbocycles. The summed E-state index contributed by atoms with van der Waals surface area (Å²) in [5.41, 5.74) is 7.18. The first kappa shape index (κ1) is 10.9.